The first-order valence-electron chi connectivity index (χ1n) is 7.69. The largest absolute Gasteiger partial charge is 0.340 e. The van der Waals surface area contributed by atoms with Crippen LogP contribution in [0.4, 0.5) is 23.0 Å². The molecule has 0 atom stereocenters. The molecule has 25 heavy (non-hydrogen) atoms. The number of aromatic nitrogens is 2. The van der Waals surface area contributed by atoms with Crippen LogP contribution in [-0.2, 0) is 0 Å². The summed E-state index contributed by atoms with van der Waals surface area (Å²) in [5, 5.41) is 15.5. The maximum atomic E-state index is 9.01. The summed E-state index contributed by atoms with van der Waals surface area (Å²) in [6.45, 7) is 3.88. The second-order valence-corrected chi connectivity index (χ2v) is 6.45. The van der Waals surface area contributed by atoms with Crippen LogP contribution >= 0.6 is 15.9 Å². The highest BCUT2D eigenvalue weighted by Gasteiger charge is 2.05. The van der Waals surface area contributed by atoms with Crippen LogP contribution in [0.15, 0.2) is 53.0 Å². The average molecular weight is 394 g/mol. The lowest BCUT2D eigenvalue weighted by Crippen LogP contribution is -2.01. The lowest BCUT2D eigenvalue weighted by molar-refractivity contribution is 1.06. The molecule has 6 heteroatoms. The number of anilines is 4. The van der Waals surface area contributed by atoms with E-state index in [2.05, 4.69) is 42.6 Å². The summed E-state index contributed by atoms with van der Waals surface area (Å²) in [6, 6.07) is 17.3. The number of nitrogens with one attached hydrogen (secondary N) is 2. The van der Waals surface area contributed by atoms with Crippen molar-refractivity contribution in [3.8, 4) is 6.07 Å². The fourth-order valence-corrected chi connectivity index (χ4v) is 2.63. The van der Waals surface area contributed by atoms with Gasteiger partial charge in [-0.25, -0.2) is 9.97 Å². The number of aryl methyl sites for hydroxylation is 2. The Labute approximate surface area is 154 Å². The maximum absolute atomic E-state index is 9.01. The number of benzene rings is 2. The van der Waals surface area contributed by atoms with E-state index in [4.69, 9.17) is 5.26 Å². The third-order valence-electron chi connectivity index (χ3n) is 3.53. The summed E-state index contributed by atoms with van der Waals surface area (Å²) in [5.74, 6) is 2.02. The molecule has 124 valence electrons. The van der Waals surface area contributed by atoms with Gasteiger partial charge < -0.3 is 10.6 Å². The molecule has 0 saturated heterocycles. The van der Waals surface area contributed by atoms with Gasteiger partial charge in [0.25, 0.3) is 0 Å². The van der Waals surface area contributed by atoms with Crippen molar-refractivity contribution in [1.29, 1.82) is 5.26 Å². The van der Waals surface area contributed by atoms with Gasteiger partial charge in [0.15, 0.2) is 0 Å². The molecular weight excluding hydrogens is 378 g/mol. The van der Waals surface area contributed by atoms with E-state index in [0.717, 1.165) is 21.4 Å². The van der Waals surface area contributed by atoms with Crippen molar-refractivity contribution in [2.75, 3.05) is 10.6 Å². The molecule has 2 N–H and O–H groups in total. The van der Waals surface area contributed by atoms with Crippen LogP contribution in [0, 0.1) is 25.2 Å². The first-order valence-corrected chi connectivity index (χ1v) is 8.49. The Hall–Kier alpha value is -2.91. The molecule has 0 aliphatic rings. The highest BCUT2D eigenvalue weighted by molar-refractivity contribution is 9.10. The molecule has 0 spiro atoms. The van der Waals surface area contributed by atoms with Crippen molar-refractivity contribution in [2.24, 2.45) is 0 Å². The van der Waals surface area contributed by atoms with Gasteiger partial charge in [-0.3, -0.25) is 0 Å². The predicted octanol–water partition coefficient (Wildman–Crippen LogP) is 5.21. The number of hydrogen-bond acceptors (Lipinski definition) is 5. The number of halogens is 1. The summed E-state index contributed by atoms with van der Waals surface area (Å²) >= 11 is 3.50. The van der Waals surface area contributed by atoms with Crippen LogP contribution in [0.25, 0.3) is 0 Å². The summed E-state index contributed by atoms with van der Waals surface area (Å²) < 4.78 is 1.07. The standard InChI is InChI=1S/C19H16BrN5/c1-12-8-16(6-7-17(12)20)25-19-10-18(22-13(2)23-19)24-15-5-3-4-14(9-15)11-21/h3-10H,1-2H3,(H2,22,23,24,25). The van der Waals surface area contributed by atoms with Crippen LogP contribution in [0.1, 0.15) is 17.0 Å². The van der Waals surface area contributed by atoms with Crippen LogP contribution in [-0.4, -0.2) is 9.97 Å². The van der Waals surface area contributed by atoms with Gasteiger partial charge in [0.05, 0.1) is 11.6 Å². The third-order valence-corrected chi connectivity index (χ3v) is 4.42. The van der Waals surface area contributed by atoms with E-state index in [1.54, 1.807) is 12.1 Å². The Morgan fingerprint density at radius 1 is 0.920 bits per heavy atom. The quantitative estimate of drug-likeness (QED) is 0.635. The lowest BCUT2D eigenvalue weighted by atomic mass is 10.2. The summed E-state index contributed by atoms with van der Waals surface area (Å²) in [4.78, 5) is 8.84. The minimum absolute atomic E-state index is 0.597. The van der Waals surface area contributed by atoms with E-state index in [1.807, 2.05) is 50.2 Å². The average Bonchev–Trinajstić information content (AvgIpc) is 2.58. The van der Waals surface area contributed by atoms with Crippen LogP contribution in [0.5, 0.6) is 0 Å². The van der Waals surface area contributed by atoms with Crippen molar-refractivity contribution in [1.82, 2.24) is 9.97 Å². The predicted molar refractivity (Wildman–Crippen MR) is 103 cm³/mol. The van der Waals surface area contributed by atoms with Gasteiger partial charge in [-0.05, 0) is 55.8 Å². The molecule has 0 aliphatic heterocycles. The topological polar surface area (TPSA) is 73.6 Å². The van der Waals surface area contributed by atoms with Crippen LogP contribution < -0.4 is 10.6 Å². The number of hydrogen-bond donors (Lipinski definition) is 2. The third kappa shape index (κ3) is 4.34. The van der Waals surface area contributed by atoms with E-state index in [0.29, 0.717) is 23.0 Å². The molecule has 0 radical (unpaired) electrons. The highest BCUT2D eigenvalue weighted by atomic mass is 79.9. The van der Waals surface area contributed by atoms with Crippen molar-refractivity contribution in [3.63, 3.8) is 0 Å². The number of nitriles is 1. The molecule has 0 fully saturated rings. The Bertz CT molecular complexity index is 962. The second kappa shape index (κ2) is 7.32. The fraction of sp³-hybridized carbons (Fsp3) is 0.105. The lowest BCUT2D eigenvalue weighted by Gasteiger charge is -2.11. The Balaban J connectivity index is 1.84. The number of rotatable bonds is 4. The second-order valence-electron chi connectivity index (χ2n) is 5.59. The minimum atomic E-state index is 0.597. The first kappa shape index (κ1) is 16.9. The van der Waals surface area contributed by atoms with Crippen molar-refractivity contribution < 1.29 is 0 Å². The molecule has 3 rings (SSSR count). The van der Waals surface area contributed by atoms with E-state index < -0.39 is 0 Å². The van der Waals surface area contributed by atoms with Gasteiger partial charge >= 0.3 is 0 Å². The Morgan fingerprint density at radius 2 is 1.60 bits per heavy atom. The Kier molecular flexibility index (Phi) is 4.96. The Morgan fingerprint density at radius 3 is 2.24 bits per heavy atom. The molecule has 1 heterocycles. The van der Waals surface area contributed by atoms with Crippen molar-refractivity contribution in [3.05, 3.63) is 70.0 Å². The van der Waals surface area contributed by atoms with Crippen molar-refractivity contribution in [2.45, 2.75) is 13.8 Å². The molecule has 0 aliphatic carbocycles. The molecule has 2 aromatic carbocycles. The summed E-state index contributed by atoms with van der Waals surface area (Å²) in [7, 11) is 0. The normalized spacial score (nSPS) is 10.2. The van der Waals surface area contributed by atoms with Gasteiger partial charge in [0.1, 0.15) is 17.5 Å². The van der Waals surface area contributed by atoms with Crippen molar-refractivity contribution >= 4 is 38.9 Å². The van der Waals surface area contributed by atoms with Crippen LogP contribution in [0.2, 0.25) is 0 Å². The molecule has 5 nitrogen and oxygen atoms in total. The maximum Gasteiger partial charge on any atom is 0.136 e. The minimum Gasteiger partial charge on any atom is -0.340 e. The van der Waals surface area contributed by atoms with Gasteiger partial charge in [0, 0.05) is 21.9 Å². The zero-order chi connectivity index (χ0) is 17.8. The number of nitrogens with zero attached hydrogens (tertiary/aromatic N) is 3. The monoisotopic (exact) mass is 393 g/mol. The van der Waals surface area contributed by atoms with E-state index in [-0.39, 0.29) is 0 Å². The zero-order valence-corrected chi connectivity index (χ0v) is 15.4. The summed E-state index contributed by atoms with van der Waals surface area (Å²) in [6.07, 6.45) is 0. The van der Waals surface area contributed by atoms with Gasteiger partial charge in [-0.15, -0.1) is 0 Å². The van der Waals surface area contributed by atoms with E-state index >= 15 is 0 Å². The zero-order valence-electron chi connectivity index (χ0n) is 13.8. The van der Waals surface area contributed by atoms with E-state index in [1.165, 1.54) is 0 Å². The summed E-state index contributed by atoms with van der Waals surface area (Å²) in [5.41, 5.74) is 3.50. The van der Waals surface area contributed by atoms with Gasteiger partial charge in [0.2, 0.25) is 0 Å². The van der Waals surface area contributed by atoms with Crippen LogP contribution in [0.3, 0.4) is 0 Å². The smallest absolute Gasteiger partial charge is 0.136 e. The highest BCUT2D eigenvalue weighted by Crippen LogP contribution is 2.24. The fourth-order valence-electron chi connectivity index (χ4n) is 2.38. The molecule has 3 aromatic rings. The molecule has 0 amide bonds. The molecule has 0 bridgehead atoms. The molecule has 0 saturated carbocycles. The van der Waals surface area contributed by atoms with E-state index in [9.17, 15) is 0 Å². The van der Waals surface area contributed by atoms with Gasteiger partial charge in [-0.1, -0.05) is 22.0 Å². The SMILES string of the molecule is Cc1nc(Nc2cccc(C#N)c2)cc(Nc2ccc(Br)c(C)c2)n1. The molecule has 0 unspecified atom stereocenters. The molecular formula is C19H16BrN5. The van der Waals surface area contributed by atoms with Gasteiger partial charge in [-0.2, -0.15) is 5.26 Å². The molecule has 1 aromatic heterocycles. The first-order chi connectivity index (χ1) is 12.0.